The van der Waals surface area contributed by atoms with Gasteiger partial charge in [0.1, 0.15) is 0 Å². The first-order chi connectivity index (χ1) is 7.85. The van der Waals surface area contributed by atoms with Crippen LogP contribution in [0.25, 0.3) is 0 Å². The van der Waals surface area contributed by atoms with E-state index in [0.717, 1.165) is 23.2 Å². The molecule has 5 atom stereocenters. The third-order valence-corrected chi connectivity index (χ3v) is 6.30. The summed E-state index contributed by atoms with van der Waals surface area (Å²) in [6, 6.07) is 0. The van der Waals surface area contributed by atoms with Crippen molar-refractivity contribution in [2.45, 2.75) is 70.5 Å². The molecule has 16 heavy (non-hydrogen) atoms. The van der Waals surface area contributed by atoms with Gasteiger partial charge in [0.25, 0.3) is 0 Å². The standard InChI is InChI=1S/C15H24O/c1-2-15-9-10-8-12(15)13(15)14(10)16-11-6-4-3-5-7-11/h10-14H,2-9H2,1H3. The second-order valence-corrected chi connectivity index (χ2v) is 6.78. The van der Waals surface area contributed by atoms with Gasteiger partial charge in [-0.2, -0.15) is 0 Å². The van der Waals surface area contributed by atoms with Crippen molar-refractivity contribution in [1.29, 1.82) is 0 Å². The molecule has 1 nitrogen and oxygen atoms in total. The lowest BCUT2D eigenvalue weighted by Crippen LogP contribution is -2.26. The van der Waals surface area contributed by atoms with Crippen LogP contribution in [0.15, 0.2) is 0 Å². The summed E-state index contributed by atoms with van der Waals surface area (Å²) in [6.45, 7) is 2.40. The van der Waals surface area contributed by atoms with Crippen LogP contribution in [-0.2, 0) is 4.74 Å². The van der Waals surface area contributed by atoms with E-state index in [1.54, 1.807) is 0 Å². The summed E-state index contributed by atoms with van der Waals surface area (Å²) in [6.07, 6.45) is 12.7. The van der Waals surface area contributed by atoms with E-state index >= 15 is 0 Å². The van der Waals surface area contributed by atoms with Gasteiger partial charge in [-0.05, 0) is 55.3 Å². The molecule has 4 bridgehead atoms. The lowest BCUT2D eigenvalue weighted by Gasteiger charge is -2.27. The first-order valence-corrected chi connectivity index (χ1v) is 7.50. The molecule has 0 aliphatic heterocycles. The minimum Gasteiger partial charge on any atom is -0.374 e. The molecule has 0 aromatic carbocycles. The minimum absolute atomic E-state index is 0.633. The third-order valence-electron chi connectivity index (χ3n) is 6.30. The van der Waals surface area contributed by atoms with E-state index in [1.165, 1.54) is 51.4 Å². The molecule has 0 aromatic heterocycles. The quantitative estimate of drug-likeness (QED) is 0.703. The topological polar surface area (TPSA) is 9.23 Å². The van der Waals surface area contributed by atoms with Crippen molar-refractivity contribution in [3.8, 4) is 0 Å². The smallest absolute Gasteiger partial charge is 0.0643 e. The number of hydrogen-bond acceptors (Lipinski definition) is 1. The second-order valence-electron chi connectivity index (χ2n) is 6.78. The van der Waals surface area contributed by atoms with Crippen LogP contribution < -0.4 is 0 Å². The molecule has 5 saturated carbocycles. The Balaban J connectivity index is 1.43. The van der Waals surface area contributed by atoms with Gasteiger partial charge in [0.15, 0.2) is 0 Å². The lowest BCUT2D eigenvalue weighted by atomic mass is 9.97. The molecule has 90 valence electrons. The van der Waals surface area contributed by atoms with Crippen molar-refractivity contribution >= 4 is 0 Å². The fourth-order valence-electron chi connectivity index (χ4n) is 5.54. The molecule has 0 saturated heterocycles. The molecular weight excluding hydrogens is 196 g/mol. The van der Waals surface area contributed by atoms with Crippen LogP contribution in [0, 0.1) is 23.2 Å². The molecule has 0 amide bonds. The van der Waals surface area contributed by atoms with Gasteiger partial charge in [0, 0.05) is 0 Å². The van der Waals surface area contributed by atoms with Crippen molar-refractivity contribution in [1.82, 2.24) is 0 Å². The third kappa shape index (κ3) is 1.11. The molecule has 5 aliphatic carbocycles. The Bertz CT molecular complexity index is 294. The Hall–Kier alpha value is -0.0400. The van der Waals surface area contributed by atoms with E-state index in [-0.39, 0.29) is 0 Å². The Morgan fingerprint density at radius 3 is 2.62 bits per heavy atom. The first kappa shape index (κ1) is 9.94. The molecule has 5 fully saturated rings. The Kier molecular flexibility index (Phi) is 2.02. The van der Waals surface area contributed by atoms with Crippen LogP contribution in [0.4, 0.5) is 0 Å². The van der Waals surface area contributed by atoms with Crippen molar-refractivity contribution in [3.05, 3.63) is 0 Å². The highest BCUT2D eigenvalue weighted by atomic mass is 16.5. The molecule has 0 spiro atoms. The molecule has 0 heterocycles. The summed E-state index contributed by atoms with van der Waals surface area (Å²) in [7, 11) is 0. The summed E-state index contributed by atoms with van der Waals surface area (Å²) >= 11 is 0. The lowest BCUT2D eigenvalue weighted by molar-refractivity contribution is -0.0477. The van der Waals surface area contributed by atoms with Gasteiger partial charge in [0.05, 0.1) is 12.2 Å². The summed E-state index contributed by atoms with van der Waals surface area (Å²) in [5.74, 6) is 3.03. The predicted molar refractivity (Wildman–Crippen MR) is 64.2 cm³/mol. The predicted octanol–water partition coefficient (Wildman–Crippen LogP) is 3.77. The summed E-state index contributed by atoms with van der Waals surface area (Å²) in [5, 5.41) is 0. The van der Waals surface area contributed by atoms with Crippen LogP contribution in [0.3, 0.4) is 0 Å². The van der Waals surface area contributed by atoms with Crippen molar-refractivity contribution in [2.24, 2.45) is 23.2 Å². The minimum atomic E-state index is 0.633. The maximum absolute atomic E-state index is 6.49. The number of ether oxygens (including phenoxy) is 1. The van der Waals surface area contributed by atoms with Crippen molar-refractivity contribution in [3.63, 3.8) is 0 Å². The van der Waals surface area contributed by atoms with Crippen LogP contribution in [0.5, 0.6) is 0 Å². The number of rotatable bonds is 3. The molecule has 5 aliphatic rings. The Labute approximate surface area is 98.9 Å². The zero-order valence-corrected chi connectivity index (χ0v) is 10.5. The molecule has 1 heteroatoms. The summed E-state index contributed by atoms with van der Waals surface area (Å²) in [5.41, 5.74) is 0.782. The fourth-order valence-corrected chi connectivity index (χ4v) is 5.54. The van der Waals surface area contributed by atoms with E-state index in [2.05, 4.69) is 6.92 Å². The van der Waals surface area contributed by atoms with Gasteiger partial charge in [-0.25, -0.2) is 0 Å². The Morgan fingerprint density at radius 1 is 1.19 bits per heavy atom. The highest BCUT2D eigenvalue weighted by Gasteiger charge is 2.78. The molecule has 5 unspecified atom stereocenters. The fraction of sp³-hybridized carbons (Fsp3) is 1.00. The number of hydrogen-bond donors (Lipinski definition) is 0. The molecular formula is C15H24O. The van der Waals surface area contributed by atoms with Crippen LogP contribution >= 0.6 is 0 Å². The molecule has 0 aromatic rings. The average molecular weight is 220 g/mol. The van der Waals surface area contributed by atoms with E-state index in [0.29, 0.717) is 12.2 Å². The van der Waals surface area contributed by atoms with E-state index in [4.69, 9.17) is 4.74 Å². The first-order valence-electron chi connectivity index (χ1n) is 7.50. The van der Waals surface area contributed by atoms with Crippen LogP contribution in [0.1, 0.15) is 58.3 Å². The van der Waals surface area contributed by atoms with Gasteiger partial charge in [0.2, 0.25) is 0 Å². The van der Waals surface area contributed by atoms with Crippen molar-refractivity contribution in [2.75, 3.05) is 0 Å². The van der Waals surface area contributed by atoms with Gasteiger partial charge < -0.3 is 4.74 Å². The van der Waals surface area contributed by atoms with Gasteiger partial charge in [-0.15, -0.1) is 0 Å². The average Bonchev–Trinajstić information content (AvgIpc) is 2.69. The highest BCUT2D eigenvalue weighted by Crippen LogP contribution is 2.81. The monoisotopic (exact) mass is 220 g/mol. The maximum atomic E-state index is 6.49. The highest BCUT2D eigenvalue weighted by molar-refractivity contribution is 5.26. The van der Waals surface area contributed by atoms with E-state index in [1.807, 2.05) is 0 Å². The maximum Gasteiger partial charge on any atom is 0.0643 e. The van der Waals surface area contributed by atoms with Gasteiger partial charge >= 0.3 is 0 Å². The molecule has 5 rings (SSSR count). The zero-order valence-electron chi connectivity index (χ0n) is 10.5. The van der Waals surface area contributed by atoms with E-state index in [9.17, 15) is 0 Å². The van der Waals surface area contributed by atoms with Gasteiger partial charge in [-0.3, -0.25) is 0 Å². The van der Waals surface area contributed by atoms with Crippen molar-refractivity contribution < 1.29 is 4.74 Å². The molecule has 0 radical (unpaired) electrons. The summed E-state index contributed by atoms with van der Waals surface area (Å²) in [4.78, 5) is 0. The second kappa shape index (κ2) is 3.25. The van der Waals surface area contributed by atoms with Crippen LogP contribution in [0.2, 0.25) is 0 Å². The summed E-state index contributed by atoms with van der Waals surface area (Å²) < 4.78 is 6.49. The zero-order chi connectivity index (χ0) is 10.8. The normalized spacial score (nSPS) is 54.6. The molecule has 0 N–H and O–H groups in total. The van der Waals surface area contributed by atoms with Crippen LogP contribution in [-0.4, -0.2) is 12.2 Å². The van der Waals surface area contributed by atoms with Gasteiger partial charge in [-0.1, -0.05) is 26.2 Å². The largest absolute Gasteiger partial charge is 0.374 e. The Morgan fingerprint density at radius 2 is 2.00 bits per heavy atom. The SMILES string of the molecule is CCC12CC3CC1C2C3OC1CCCCC1. The van der Waals surface area contributed by atoms with E-state index < -0.39 is 0 Å².